The maximum Gasteiger partial charge on any atom is 0.161 e. The van der Waals surface area contributed by atoms with Gasteiger partial charge in [-0.2, -0.15) is 0 Å². The molecule has 0 aliphatic rings. The van der Waals surface area contributed by atoms with Gasteiger partial charge in [0.25, 0.3) is 0 Å². The number of rotatable bonds is 7. The van der Waals surface area contributed by atoms with E-state index in [0.717, 1.165) is 12.1 Å². The molecule has 1 rings (SSSR count). The van der Waals surface area contributed by atoms with E-state index in [1.807, 2.05) is 18.2 Å². The molecule has 1 N–H and O–H groups in total. The Hall–Kier alpha value is -1.29. The normalized spacial score (nSPS) is 12.2. The zero-order valence-corrected chi connectivity index (χ0v) is 10.6. The molecule has 0 aliphatic carbocycles. The van der Waals surface area contributed by atoms with Crippen LogP contribution in [0.3, 0.4) is 0 Å². The number of methoxy groups -OCH3 is 1. The average molecular weight is 241 g/mol. The lowest BCUT2D eigenvalue weighted by Crippen LogP contribution is -2.17. The zero-order valence-electron chi connectivity index (χ0n) is 10.6. The van der Waals surface area contributed by atoms with Gasteiger partial charge in [0.2, 0.25) is 0 Å². The molecule has 1 unspecified atom stereocenters. The Morgan fingerprint density at radius 1 is 1.35 bits per heavy atom. The fourth-order valence-electron chi connectivity index (χ4n) is 1.65. The van der Waals surface area contributed by atoms with Crippen molar-refractivity contribution in [2.24, 2.45) is 0 Å². The van der Waals surface area contributed by atoms with Crippen LogP contribution in [0.4, 0.5) is 4.39 Å². The van der Waals surface area contributed by atoms with E-state index in [1.165, 1.54) is 0 Å². The standard InChI is InChI=1S/C13H20FNO2/c1-4-15-10(2)11-5-6-12(17-8-7-14)13(9-11)16-3/h5-6,9-10,15H,4,7-8H2,1-3H3. The number of benzene rings is 1. The Balaban J connectivity index is 2.83. The number of ether oxygens (including phenoxy) is 2. The predicted octanol–water partition coefficient (Wildman–Crippen LogP) is 2.71. The molecule has 0 aromatic heterocycles. The summed E-state index contributed by atoms with van der Waals surface area (Å²) < 4.78 is 22.5. The molecule has 96 valence electrons. The van der Waals surface area contributed by atoms with Crippen molar-refractivity contribution in [1.29, 1.82) is 0 Å². The van der Waals surface area contributed by atoms with Gasteiger partial charge in [-0.15, -0.1) is 0 Å². The fraction of sp³-hybridized carbons (Fsp3) is 0.538. The first-order valence-electron chi connectivity index (χ1n) is 5.83. The van der Waals surface area contributed by atoms with Gasteiger partial charge in [0.05, 0.1) is 7.11 Å². The van der Waals surface area contributed by atoms with Crippen LogP contribution in [0.15, 0.2) is 18.2 Å². The van der Waals surface area contributed by atoms with E-state index >= 15 is 0 Å². The SMILES string of the molecule is CCNC(C)c1ccc(OCCF)c(OC)c1. The highest BCUT2D eigenvalue weighted by Gasteiger charge is 2.09. The smallest absolute Gasteiger partial charge is 0.161 e. The lowest BCUT2D eigenvalue weighted by Gasteiger charge is -2.16. The lowest BCUT2D eigenvalue weighted by atomic mass is 10.1. The van der Waals surface area contributed by atoms with Crippen LogP contribution in [-0.2, 0) is 0 Å². The van der Waals surface area contributed by atoms with Crippen LogP contribution in [0.2, 0.25) is 0 Å². The van der Waals surface area contributed by atoms with Gasteiger partial charge in [-0.05, 0) is 31.2 Å². The summed E-state index contributed by atoms with van der Waals surface area (Å²) in [6, 6.07) is 5.95. The molecule has 1 aromatic carbocycles. The summed E-state index contributed by atoms with van der Waals surface area (Å²) in [5, 5.41) is 3.32. The Kier molecular flexibility index (Phi) is 5.77. The Morgan fingerprint density at radius 3 is 2.71 bits per heavy atom. The minimum absolute atomic E-state index is 0.0540. The van der Waals surface area contributed by atoms with E-state index < -0.39 is 6.67 Å². The Bertz CT molecular complexity index is 344. The third kappa shape index (κ3) is 3.89. The van der Waals surface area contributed by atoms with Crippen LogP contribution in [0.5, 0.6) is 11.5 Å². The van der Waals surface area contributed by atoms with Crippen molar-refractivity contribution in [1.82, 2.24) is 5.32 Å². The molecule has 1 aromatic rings. The van der Waals surface area contributed by atoms with Crippen molar-refractivity contribution in [3.63, 3.8) is 0 Å². The Labute approximate surface area is 102 Å². The van der Waals surface area contributed by atoms with Gasteiger partial charge < -0.3 is 14.8 Å². The third-order valence-corrected chi connectivity index (χ3v) is 2.53. The van der Waals surface area contributed by atoms with E-state index in [4.69, 9.17) is 9.47 Å². The molecule has 0 bridgehead atoms. The number of halogens is 1. The van der Waals surface area contributed by atoms with E-state index in [2.05, 4.69) is 19.2 Å². The van der Waals surface area contributed by atoms with Crippen molar-refractivity contribution in [2.75, 3.05) is 26.9 Å². The van der Waals surface area contributed by atoms with Crippen LogP contribution in [0, 0.1) is 0 Å². The minimum Gasteiger partial charge on any atom is -0.493 e. The molecule has 17 heavy (non-hydrogen) atoms. The van der Waals surface area contributed by atoms with Crippen LogP contribution in [0.1, 0.15) is 25.5 Å². The summed E-state index contributed by atoms with van der Waals surface area (Å²) in [4.78, 5) is 0. The summed E-state index contributed by atoms with van der Waals surface area (Å²) in [7, 11) is 1.58. The fourth-order valence-corrected chi connectivity index (χ4v) is 1.65. The third-order valence-electron chi connectivity index (χ3n) is 2.53. The first-order chi connectivity index (χ1) is 8.22. The van der Waals surface area contributed by atoms with Gasteiger partial charge in [0.15, 0.2) is 11.5 Å². The van der Waals surface area contributed by atoms with E-state index in [9.17, 15) is 4.39 Å². The predicted molar refractivity (Wildman–Crippen MR) is 66.6 cm³/mol. The van der Waals surface area contributed by atoms with Crippen molar-refractivity contribution in [3.8, 4) is 11.5 Å². The highest BCUT2D eigenvalue weighted by atomic mass is 19.1. The number of hydrogen-bond acceptors (Lipinski definition) is 3. The highest BCUT2D eigenvalue weighted by Crippen LogP contribution is 2.30. The summed E-state index contributed by atoms with van der Waals surface area (Å²) in [5.41, 5.74) is 1.12. The molecule has 0 spiro atoms. The number of alkyl halides is 1. The monoisotopic (exact) mass is 241 g/mol. The molecule has 1 atom stereocenters. The van der Waals surface area contributed by atoms with Crippen LogP contribution >= 0.6 is 0 Å². The molecule has 0 fully saturated rings. The lowest BCUT2D eigenvalue weighted by molar-refractivity contribution is 0.260. The van der Waals surface area contributed by atoms with Crippen molar-refractivity contribution >= 4 is 0 Å². The average Bonchev–Trinajstić information content (AvgIpc) is 2.36. The summed E-state index contributed by atoms with van der Waals surface area (Å²) in [6.45, 7) is 4.60. The van der Waals surface area contributed by atoms with Gasteiger partial charge in [-0.1, -0.05) is 13.0 Å². The van der Waals surface area contributed by atoms with Gasteiger partial charge in [-0.25, -0.2) is 4.39 Å². The molecule has 0 aliphatic heterocycles. The van der Waals surface area contributed by atoms with Gasteiger partial charge in [-0.3, -0.25) is 0 Å². The second kappa shape index (κ2) is 7.12. The highest BCUT2D eigenvalue weighted by molar-refractivity contribution is 5.43. The molecule has 4 heteroatoms. The summed E-state index contributed by atoms with van der Waals surface area (Å²) in [6.07, 6.45) is 0. The van der Waals surface area contributed by atoms with Gasteiger partial charge in [0.1, 0.15) is 13.3 Å². The van der Waals surface area contributed by atoms with E-state index in [0.29, 0.717) is 11.5 Å². The molecule has 3 nitrogen and oxygen atoms in total. The summed E-state index contributed by atoms with van der Waals surface area (Å²) in [5.74, 6) is 1.22. The van der Waals surface area contributed by atoms with Gasteiger partial charge in [0, 0.05) is 6.04 Å². The largest absolute Gasteiger partial charge is 0.493 e. The molecule has 0 saturated heterocycles. The van der Waals surface area contributed by atoms with E-state index in [-0.39, 0.29) is 12.6 Å². The van der Waals surface area contributed by atoms with Crippen molar-refractivity contribution in [2.45, 2.75) is 19.9 Å². The quantitative estimate of drug-likeness (QED) is 0.796. The maximum absolute atomic E-state index is 12.0. The molecule has 0 heterocycles. The Morgan fingerprint density at radius 2 is 2.12 bits per heavy atom. The molecule has 0 saturated carbocycles. The molecular formula is C13H20FNO2. The van der Waals surface area contributed by atoms with Crippen molar-refractivity contribution < 1.29 is 13.9 Å². The second-order valence-corrected chi connectivity index (χ2v) is 3.73. The van der Waals surface area contributed by atoms with Crippen LogP contribution in [0.25, 0.3) is 0 Å². The summed E-state index contributed by atoms with van der Waals surface area (Å²) >= 11 is 0. The van der Waals surface area contributed by atoms with Crippen LogP contribution < -0.4 is 14.8 Å². The first-order valence-corrected chi connectivity index (χ1v) is 5.83. The topological polar surface area (TPSA) is 30.5 Å². The maximum atomic E-state index is 12.0. The number of nitrogens with one attached hydrogen (secondary N) is 1. The minimum atomic E-state index is -0.501. The van der Waals surface area contributed by atoms with Crippen molar-refractivity contribution in [3.05, 3.63) is 23.8 Å². The molecule has 0 amide bonds. The number of hydrogen-bond donors (Lipinski definition) is 1. The molecule has 0 radical (unpaired) electrons. The molecular weight excluding hydrogens is 221 g/mol. The first kappa shape index (κ1) is 13.8. The van der Waals surface area contributed by atoms with E-state index in [1.54, 1.807) is 7.11 Å². The zero-order chi connectivity index (χ0) is 12.7. The van der Waals surface area contributed by atoms with Crippen LogP contribution in [-0.4, -0.2) is 26.9 Å². The second-order valence-electron chi connectivity index (χ2n) is 3.73. The van der Waals surface area contributed by atoms with Gasteiger partial charge >= 0.3 is 0 Å².